The number of halogens is 1. The lowest BCUT2D eigenvalue weighted by molar-refractivity contribution is -0.140. The predicted molar refractivity (Wildman–Crippen MR) is 55.6 cm³/mol. The minimum atomic E-state index is -1.03. The van der Waals surface area contributed by atoms with Gasteiger partial charge in [-0.25, -0.2) is 4.79 Å². The van der Waals surface area contributed by atoms with Gasteiger partial charge in [0.15, 0.2) is 0 Å². The number of H-pyrrole nitrogens is 1. The fourth-order valence-corrected chi connectivity index (χ4v) is 1.64. The third-order valence-corrected chi connectivity index (χ3v) is 2.86. The molecule has 0 aliphatic heterocycles. The van der Waals surface area contributed by atoms with Crippen LogP contribution in [0.15, 0.2) is 16.7 Å². The molecule has 1 saturated carbocycles. The molecule has 3 N–H and O–H groups in total. The third kappa shape index (κ3) is 1.90. The van der Waals surface area contributed by atoms with Crippen molar-refractivity contribution in [3.05, 3.63) is 22.4 Å². The summed E-state index contributed by atoms with van der Waals surface area (Å²) in [6, 6.07) is 1.60. The number of aromatic nitrogens is 1. The highest BCUT2D eigenvalue weighted by molar-refractivity contribution is 9.10. The molecule has 0 spiro atoms. The summed E-state index contributed by atoms with van der Waals surface area (Å²) >= 11 is 3.20. The van der Waals surface area contributed by atoms with Crippen molar-refractivity contribution >= 4 is 27.8 Å². The number of aliphatic carboxylic acids is 1. The van der Waals surface area contributed by atoms with Crippen LogP contribution in [0.5, 0.6) is 0 Å². The van der Waals surface area contributed by atoms with Gasteiger partial charge in [0.25, 0.3) is 5.91 Å². The van der Waals surface area contributed by atoms with Gasteiger partial charge in [-0.05, 0) is 34.8 Å². The Hall–Kier alpha value is -1.30. The first-order valence-corrected chi connectivity index (χ1v) is 5.23. The van der Waals surface area contributed by atoms with Crippen LogP contribution in [0.4, 0.5) is 0 Å². The quantitative estimate of drug-likeness (QED) is 0.771. The van der Waals surface area contributed by atoms with Gasteiger partial charge < -0.3 is 15.4 Å². The fraction of sp³-hybridized carbons (Fsp3) is 0.333. The molecule has 5 nitrogen and oxygen atoms in total. The Kier molecular flexibility index (Phi) is 2.30. The molecular weight excluding hydrogens is 264 g/mol. The SMILES string of the molecule is O=C(NC1(C(=O)O)CC1)c1cc(Br)c[nH]1. The zero-order valence-corrected chi connectivity index (χ0v) is 9.30. The van der Waals surface area contributed by atoms with Gasteiger partial charge in [-0.15, -0.1) is 0 Å². The first-order valence-electron chi connectivity index (χ1n) is 4.43. The van der Waals surface area contributed by atoms with E-state index < -0.39 is 11.5 Å². The van der Waals surface area contributed by atoms with E-state index in [1.165, 1.54) is 0 Å². The number of carboxylic acids is 1. The van der Waals surface area contributed by atoms with Crippen molar-refractivity contribution < 1.29 is 14.7 Å². The van der Waals surface area contributed by atoms with E-state index in [-0.39, 0.29) is 5.91 Å². The molecule has 1 fully saturated rings. The van der Waals surface area contributed by atoms with E-state index in [0.29, 0.717) is 18.5 Å². The zero-order chi connectivity index (χ0) is 11.1. The van der Waals surface area contributed by atoms with Gasteiger partial charge in [0.2, 0.25) is 0 Å². The van der Waals surface area contributed by atoms with Crippen LogP contribution in [-0.4, -0.2) is 27.5 Å². The Labute approximate surface area is 94.0 Å². The molecule has 1 heterocycles. The standard InChI is InChI=1S/C9H9BrN2O3/c10-5-3-6(11-4-5)7(13)12-9(1-2-9)8(14)15/h3-4,11H,1-2H2,(H,12,13)(H,14,15). The van der Waals surface area contributed by atoms with Crippen molar-refractivity contribution in [1.29, 1.82) is 0 Å². The Bertz CT molecular complexity index is 423. The van der Waals surface area contributed by atoms with E-state index in [9.17, 15) is 9.59 Å². The number of rotatable bonds is 3. The Morgan fingerprint density at radius 3 is 2.60 bits per heavy atom. The molecule has 1 aromatic rings. The van der Waals surface area contributed by atoms with Crippen molar-refractivity contribution in [2.75, 3.05) is 0 Å². The van der Waals surface area contributed by atoms with Gasteiger partial charge in [0, 0.05) is 10.7 Å². The number of carbonyl (C=O) groups excluding carboxylic acids is 1. The lowest BCUT2D eigenvalue weighted by Gasteiger charge is -2.10. The van der Waals surface area contributed by atoms with Gasteiger partial charge in [-0.1, -0.05) is 0 Å². The summed E-state index contributed by atoms with van der Waals surface area (Å²) in [6.07, 6.45) is 2.61. The first-order chi connectivity index (χ1) is 7.03. The molecule has 1 amide bonds. The summed E-state index contributed by atoms with van der Waals surface area (Å²) in [5, 5.41) is 11.4. The van der Waals surface area contributed by atoms with Crippen molar-refractivity contribution in [3.63, 3.8) is 0 Å². The number of carbonyl (C=O) groups is 2. The maximum Gasteiger partial charge on any atom is 0.329 e. The Morgan fingerprint density at radius 1 is 1.53 bits per heavy atom. The number of carboxylic acid groups (broad SMARTS) is 1. The summed E-state index contributed by atoms with van der Waals surface area (Å²) in [6.45, 7) is 0. The third-order valence-electron chi connectivity index (χ3n) is 2.40. The molecule has 80 valence electrons. The van der Waals surface area contributed by atoms with Crippen molar-refractivity contribution in [1.82, 2.24) is 10.3 Å². The molecule has 0 radical (unpaired) electrons. The molecule has 0 aromatic carbocycles. The van der Waals surface area contributed by atoms with Crippen LogP contribution >= 0.6 is 15.9 Å². The maximum atomic E-state index is 11.6. The van der Waals surface area contributed by atoms with Crippen LogP contribution in [0.2, 0.25) is 0 Å². The van der Waals surface area contributed by atoms with Crippen LogP contribution < -0.4 is 5.32 Å². The molecular formula is C9H9BrN2O3. The summed E-state index contributed by atoms with van der Waals surface area (Å²) in [4.78, 5) is 25.2. The maximum absolute atomic E-state index is 11.6. The van der Waals surface area contributed by atoms with Crippen LogP contribution in [0.3, 0.4) is 0 Å². The van der Waals surface area contributed by atoms with Crippen LogP contribution in [-0.2, 0) is 4.79 Å². The second-order valence-electron chi connectivity index (χ2n) is 3.57. The van der Waals surface area contributed by atoms with Gasteiger partial charge in [-0.3, -0.25) is 4.79 Å². The summed E-state index contributed by atoms with van der Waals surface area (Å²) < 4.78 is 0.757. The number of nitrogens with one attached hydrogen (secondary N) is 2. The molecule has 2 rings (SSSR count). The number of hydrogen-bond donors (Lipinski definition) is 3. The molecule has 0 atom stereocenters. The van der Waals surface area contributed by atoms with Crippen molar-refractivity contribution in [2.45, 2.75) is 18.4 Å². The van der Waals surface area contributed by atoms with Crippen molar-refractivity contribution in [2.24, 2.45) is 0 Å². The second-order valence-corrected chi connectivity index (χ2v) is 4.49. The molecule has 0 saturated heterocycles. The van der Waals surface area contributed by atoms with Crippen LogP contribution in [0, 0.1) is 0 Å². The average Bonchev–Trinajstić information content (AvgIpc) is 2.82. The Balaban J connectivity index is 2.08. The van der Waals surface area contributed by atoms with Gasteiger partial charge in [0.05, 0.1) is 0 Å². The van der Waals surface area contributed by atoms with E-state index >= 15 is 0 Å². The molecule has 6 heteroatoms. The smallest absolute Gasteiger partial charge is 0.329 e. The number of amides is 1. The van der Waals surface area contributed by atoms with E-state index in [1.807, 2.05) is 0 Å². The van der Waals surface area contributed by atoms with Gasteiger partial charge in [0.1, 0.15) is 11.2 Å². The molecule has 15 heavy (non-hydrogen) atoms. The lowest BCUT2D eigenvalue weighted by atomic mass is 10.2. The predicted octanol–water partition coefficient (Wildman–Crippen LogP) is 1.12. The summed E-state index contributed by atoms with van der Waals surface area (Å²) in [5.74, 6) is -1.36. The molecule has 1 aliphatic carbocycles. The molecule has 1 aromatic heterocycles. The van der Waals surface area contributed by atoms with Gasteiger partial charge in [-0.2, -0.15) is 0 Å². The normalized spacial score (nSPS) is 17.1. The van der Waals surface area contributed by atoms with Crippen LogP contribution in [0.1, 0.15) is 23.3 Å². The highest BCUT2D eigenvalue weighted by Crippen LogP contribution is 2.35. The van der Waals surface area contributed by atoms with E-state index in [1.54, 1.807) is 12.3 Å². The van der Waals surface area contributed by atoms with E-state index in [2.05, 4.69) is 26.2 Å². The zero-order valence-electron chi connectivity index (χ0n) is 7.71. The number of aromatic amines is 1. The Morgan fingerprint density at radius 2 is 2.20 bits per heavy atom. The minimum Gasteiger partial charge on any atom is -0.480 e. The molecule has 0 bridgehead atoms. The van der Waals surface area contributed by atoms with E-state index in [0.717, 1.165) is 4.47 Å². The molecule has 1 aliphatic rings. The van der Waals surface area contributed by atoms with Gasteiger partial charge >= 0.3 is 5.97 Å². The second kappa shape index (κ2) is 3.37. The topological polar surface area (TPSA) is 82.2 Å². The first kappa shape index (κ1) is 10.2. The van der Waals surface area contributed by atoms with Crippen molar-refractivity contribution in [3.8, 4) is 0 Å². The number of hydrogen-bond acceptors (Lipinski definition) is 2. The van der Waals surface area contributed by atoms with Crippen LogP contribution in [0.25, 0.3) is 0 Å². The highest BCUT2D eigenvalue weighted by atomic mass is 79.9. The molecule has 0 unspecified atom stereocenters. The lowest BCUT2D eigenvalue weighted by Crippen LogP contribution is -2.43. The largest absolute Gasteiger partial charge is 0.480 e. The summed E-state index contributed by atoms with van der Waals surface area (Å²) in [7, 11) is 0. The fourth-order valence-electron chi connectivity index (χ4n) is 1.30. The highest BCUT2D eigenvalue weighted by Gasteiger charge is 2.51. The van der Waals surface area contributed by atoms with E-state index in [4.69, 9.17) is 5.11 Å². The minimum absolute atomic E-state index is 0.356. The monoisotopic (exact) mass is 272 g/mol. The summed E-state index contributed by atoms with van der Waals surface area (Å²) in [5.41, 5.74) is -0.677. The average molecular weight is 273 g/mol.